The Kier molecular flexibility index (Phi) is 6.52. The quantitative estimate of drug-likeness (QED) is 0.451. The highest BCUT2D eigenvalue weighted by Crippen LogP contribution is 2.46. The van der Waals surface area contributed by atoms with Crippen molar-refractivity contribution in [3.05, 3.63) is 59.7 Å². The summed E-state index contributed by atoms with van der Waals surface area (Å²) in [6.45, 7) is 2.31. The molecule has 1 heterocycles. The molecule has 0 saturated heterocycles. The molecule has 0 radical (unpaired) electrons. The minimum Gasteiger partial charge on any atom is -0.456 e. The first kappa shape index (κ1) is 21.6. The Morgan fingerprint density at radius 2 is 1.34 bits per heavy atom. The highest BCUT2D eigenvalue weighted by atomic mass is 16.6. The van der Waals surface area contributed by atoms with E-state index >= 15 is 0 Å². The van der Waals surface area contributed by atoms with Crippen molar-refractivity contribution in [2.75, 3.05) is 0 Å². The van der Waals surface area contributed by atoms with Gasteiger partial charge in [0.25, 0.3) is 0 Å². The first-order valence-corrected chi connectivity index (χ1v) is 12.8. The molecule has 32 heavy (non-hydrogen) atoms. The second-order valence-corrected chi connectivity index (χ2v) is 10.2. The number of rotatable bonds is 5. The Bertz CT molecular complexity index is 874. The van der Waals surface area contributed by atoms with Gasteiger partial charge in [-0.05, 0) is 68.4 Å². The molecule has 3 aliphatic rings. The van der Waals surface area contributed by atoms with Gasteiger partial charge < -0.3 is 9.47 Å². The zero-order valence-corrected chi connectivity index (χ0v) is 19.3. The van der Waals surface area contributed by atoms with E-state index in [2.05, 4.69) is 6.92 Å². The molecule has 3 heteroatoms. The average molecular weight is 433 g/mol. The maximum atomic E-state index is 13.2. The van der Waals surface area contributed by atoms with E-state index in [1.165, 1.54) is 51.4 Å². The smallest absolute Gasteiger partial charge is 0.309 e. The van der Waals surface area contributed by atoms with Gasteiger partial charge in [0, 0.05) is 11.1 Å². The lowest BCUT2D eigenvalue weighted by molar-refractivity contribution is -0.154. The van der Waals surface area contributed by atoms with Gasteiger partial charge in [0.2, 0.25) is 0 Å². The van der Waals surface area contributed by atoms with E-state index < -0.39 is 0 Å². The molecule has 0 aromatic heterocycles. The molecule has 2 aromatic rings. The summed E-state index contributed by atoms with van der Waals surface area (Å²) >= 11 is 0. The molecule has 2 fully saturated rings. The van der Waals surface area contributed by atoms with Crippen LogP contribution in [0.25, 0.3) is 0 Å². The van der Waals surface area contributed by atoms with Crippen LogP contribution in [0.5, 0.6) is 11.5 Å². The molecule has 0 N–H and O–H groups in total. The van der Waals surface area contributed by atoms with Crippen LogP contribution in [0.1, 0.15) is 88.4 Å². The van der Waals surface area contributed by atoms with Gasteiger partial charge in [-0.3, -0.25) is 4.79 Å². The van der Waals surface area contributed by atoms with Crippen molar-refractivity contribution in [3.8, 4) is 11.5 Å². The predicted molar refractivity (Wildman–Crippen MR) is 127 cm³/mol. The van der Waals surface area contributed by atoms with Gasteiger partial charge in [0.05, 0.1) is 5.92 Å². The van der Waals surface area contributed by atoms with Crippen LogP contribution in [0, 0.1) is 23.7 Å². The summed E-state index contributed by atoms with van der Waals surface area (Å²) in [4.78, 5) is 13.2. The third kappa shape index (κ3) is 4.44. The fraction of sp³-hybridized carbons (Fsp3) is 0.552. The number of carbonyl (C=O) groups is 1. The molecule has 0 bridgehead atoms. The number of ether oxygens (including phenoxy) is 2. The third-order valence-corrected chi connectivity index (χ3v) is 8.22. The van der Waals surface area contributed by atoms with Gasteiger partial charge >= 0.3 is 5.97 Å². The summed E-state index contributed by atoms with van der Waals surface area (Å²) in [7, 11) is 0. The Labute approximate surface area is 192 Å². The minimum absolute atomic E-state index is 0.0323. The first-order valence-electron chi connectivity index (χ1n) is 12.8. The fourth-order valence-electron chi connectivity index (χ4n) is 6.39. The minimum atomic E-state index is -0.379. The van der Waals surface area contributed by atoms with Crippen molar-refractivity contribution in [3.63, 3.8) is 0 Å². The molecule has 5 rings (SSSR count). The molecule has 0 atom stereocenters. The number of hydrogen-bond donors (Lipinski definition) is 0. The number of hydrogen-bond acceptors (Lipinski definition) is 3. The van der Waals surface area contributed by atoms with Gasteiger partial charge in [-0.1, -0.05) is 69.0 Å². The van der Waals surface area contributed by atoms with Crippen molar-refractivity contribution in [1.82, 2.24) is 0 Å². The van der Waals surface area contributed by atoms with E-state index in [0.717, 1.165) is 53.2 Å². The van der Waals surface area contributed by atoms with Crippen LogP contribution < -0.4 is 4.74 Å². The van der Waals surface area contributed by atoms with Crippen LogP contribution in [0.3, 0.4) is 0 Å². The number of fused-ring (bicyclic) bond motifs is 2. The topological polar surface area (TPSA) is 35.5 Å². The SMILES string of the molecule is CCCC1CCC(C2CCC(C(=O)OC3c4ccccc4Oc4ccccc43)CC2)CC1. The van der Waals surface area contributed by atoms with Crippen molar-refractivity contribution in [2.24, 2.45) is 23.7 Å². The van der Waals surface area contributed by atoms with Crippen LogP contribution in [0.2, 0.25) is 0 Å². The van der Waals surface area contributed by atoms with Crippen molar-refractivity contribution in [1.29, 1.82) is 0 Å². The third-order valence-electron chi connectivity index (χ3n) is 8.22. The number of benzene rings is 2. The maximum Gasteiger partial charge on any atom is 0.309 e. The van der Waals surface area contributed by atoms with Gasteiger partial charge in [0.1, 0.15) is 11.5 Å². The molecule has 0 unspecified atom stereocenters. The summed E-state index contributed by atoms with van der Waals surface area (Å²) < 4.78 is 12.2. The van der Waals surface area contributed by atoms with Gasteiger partial charge in [-0.25, -0.2) is 0 Å². The predicted octanol–water partition coefficient (Wildman–Crippen LogP) is 7.84. The van der Waals surface area contributed by atoms with E-state index in [-0.39, 0.29) is 18.0 Å². The first-order chi connectivity index (χ1) is 15.7. The summed E-state index contributed by atoms with van der Waals surface area (Å²) in [5.41, 5.74) is 1.88. The zero-order valence-electron chi connectivity index (χ0n) is 19.3. The van der Waals surface area contributed by atoms with E-state index in [1.54, 1.807) is 0 Å². The standard InChI is InChI=1S/C29H36O3/c1-2-7-20-12-14-21(15-13-20)22-16-18-23(19-17-22)29(30)32-28-24-8-3-5-10-26(24)31-27-11-6-4-9-25(27)28/h3-6,8-11,20-23,28H,2,7,12-19H2,1H3. The molecule has 1 aliphatic heterocycles. The molecule has 2 aromatic carbocycles. The Balaban J connectivity index is 1.20. The van der Waals surface area contributed by atoms with Crippen molar-refractivity contribution >= 4 is 5.97 Å². The zero-order chi connectivity index (χ0) is 21.9. The molecule has 2 aliphatic carbocycles. The summed E-state index contributed by atoms with van der Waals surface area (Å²) in [5, 5.41) is 0. The molecule has 2 saturated carbocycles. The van der Waals surface area contributed by atoms with E-state index in [4.69, 9.17) is 9.47 Å². The Morgan fingerprint density at radius 1 is 0.812 bits per heavy atom. The largest absolute Gasteiger partial charge is 0.456 e. The van der Waals surface area contributed by atoms with Crippen LogP contribution in [0.4, 0.5) is 0 Å². The lowest BCUT2D eigenvalue weighted by Crippen LogP contribution is -2.30. The molecule has 0 spiro atoms. The summed E-state index contributed by atoms with van der Waals surface area (Å²) in [5.74, 6) is 4.22. The van der Waals surface area contributed by atoms with Gasteiger partial charge in [-0.2, -0.15) is 0 Å². The Morgan fingerprint density at radius 3 is 1.91 bits per heavy atom. The van der Waals surface area contributed by atoms with Crippen LogP contribution in [0.15, 0.2) is 48.5 Å². The summed E-state index contributed by atoms with van der Waals surface area (Å²) in [6.07, 6.45) is 12.3. The average Bonchev–Trinajstić information content (AvgIpc) is 2.84. The number of esters is 1. The highest BCUT2D eigenvalue weighted by molar-refractivity contribution is 5.73. The summed E-state index contributed by atoms with van der Waals surface area (Å²) in [6, 6.07) is 15.8. The van der Waals surface area contributed by atoms with Crippen LogP contribution in [-0.2, 0) is 9.53 Å². The number of carbonyl (C=O) groups excluding carboxylic acids is 1. The van der Waals surface area contributed by atoms with Gasteiger partial charge in [0.15, 0.2) is 6.10 Å². The second kappa shape index (κ2) is 9.68. The lowest BCUT2D eigenvalue weighted by Gasteiger charge is -2.37. The maximum absolute atomic E-state index is 13.2. The normalized spacial score (nSPS) is 27.7. The van der Waals surface area contributed by atoms with Gasteiger partial charge in [-0.15, -0.1) is 0 Å². The Hall–Kier alpha value is -2.29. The molecular weight excluding hydrogens is 396 g/mol. The molecular formula is C29H36O3. The number of para-hydroxylation sites is 2. The monoisotopic (exact) mass is 432 g/mol. The molecule has 3 nitrogen and oxygen atoms in total. The van der Waals surface area contributed by atoms with Crippen LogP contribution >= 0.6 is 0 Å². The second-order valence-electron chi connectivity index (χ2n) is 10.2. The van der Waals surface area contributed by atoms with E-state index in [1.807, 2.05) is 48.5 Å². The van der Waals surface area contributed by atoms with E-state index in [9.17, 15) is 4.79 Å². The highest BCUT2D eigenvalue weighted by Gasteiger charge is 2.36. The van der Waals surface area contributed by atoms with Crippen molar-refractivity contribution in [2.45, 2.75) is 77.2 Å². The van der Waals surface area contributed by atoms with E-state index in [0.29, 0.717) is 0 Å². The lowest BCUT2D eigenvalue weighted by atomic mass is 9.69. The van der Waals surface area contributed by atoms with Crippen molar-refractivity contribution < 1.29 is 14.3 Å². The molecule has 0 amide bonds. The van der Waals surface area contributed by atoms with Crippen LogP contribution in [-0.4, -0.2) is 5.97 Å². The fourth-order valence-corrected chi connectivity index (χ4v) is 6.39. The molecule has 170 valence electrons.